The standard InChI is InChI=1S/C38H46O12S/c1-23-10-9-12-32-30(21-31(35(23)32)20-29-15-13-28(14-16-29)11-7-8-19-46-51(6,43)44)17-18-33-36(47-25(3)40)38(49-27(5)42)37(48-26(4)41)34(50-33)22-45-24(2)39/h7,9-16,21,30,33-34,36-38H,8,17-20,22H2,1-6H3/b11-7+/t30?,33-,34+,36-,37+,38+/m0/s1. The number of allylic oxidation sites excluding steroid dienone is 2. The number of carbonyl (C=O) groups is 4. The molecule has 0 N–H and O–H groups in total. The first-order valence-corrected chi connectivity index (χ1v) is 18.6. The van der Waals surface area contributed by atoms with E-state index in [0.717, 1.165) is 28.5 Å². The second-order valence-corrected chi connectivity index (χ2v) is 14.4. The zero-order valence-electron chi connectivity index (χ0n) is 29.8. The van der Waals surface area contributed by atoms with E-state index in [1.807, 2.05) is 30.4 Å². The molecule has 0 saturated carbocycles. The Morgan fingerprint density at radius 2 is 1.43 bits per heavy atom. The maximum atomic E-state index is 12.3. The van der Waals surface area contributed by atoms with Crippen LogP contribution in [-0.2, 0) is 63.6 Å². The van der Waals surface area contributed by atoms with Gasteiger partial charge in [-0.05, 0) is 66.0 Å². The van der Waals surface area contributed by atoms with Crippen LogP contribution in [0.25, 0.3) is 11.6 Å². The van der Waals surface area contributed by atoms with Gasteiger partial charge in [0.2, 0.25) is 0 Å². The molecule has 1 heterocycles. The van der Waals surface area contributed by atoms with Crippen molar-refractivity contribution >= 4 is 45.6 Å². The topological polar surface area (TPSA) is 158 Å². The molecule has 6 atom stereocenters. The van der Waals surface area contributed by atoms with Crippen molar-refractivity contribution in [1.82, 2.24) is 0 Å². The summed E-state index contributed by atoms with van der Waals surface area (Å²) < 4.78 is 55.4. The fourth-order valence-corrected chi connectivity index (χ4v) is 6.99. The molecule has 1 fully saturated rings. The number of fused-ring (bicyclic) bond motifs is 1. The van der Waals surface area contributed by atoms with E-state index in [0.29, 0.717) is 25.7 Å². The second kappa shape index (κ2) is 17.7. The highest BCUT2D eigenvalue weighted by Crippen LogP contribution is 2.43. The number of hydrogen-bond acceptors (Lipinski definition) is 12. The van der Waals surface area contributed by atoms with Gasteiger partial charge in [0.05, 0.1) is 19.0 Å². The molecular formula is C38H46O12S. The molecule has 1 saturated heterocycles. The molecule has 0 bridgehead atoms. The van der Waals surface area contributed by atoms with Gasteiger partial charge in [-0.1, -0.05) is 60.7 Å². The van der Waals surface area contributed by atoms with Crippen LogP contribution < -0.4 is 0 Å². The Hall–Kier alpha value is -4.33. The number of benzene rings is 2. The SMILES string of the molecule is CC(=O)OC[C@H]1O[C@@H](CCC2C=C(Cc3ccc(/C=C/CCOS(C)(=O)=O)cc3)c3c(C)cccc32)[C@H](OC(C)=O)[C@@H](OC(C)=O)[C@@H]1OC(C)=O. The van der Waals surface area contributed by atoms with Gasteiger partial charge in [-0.2, -0.15) is 8.42 Å². The highest BCUT2D eigenvalue weighted by molar-refractivity contribution is 7.85. The molecule has 12 nitrogen and oxygen atoms in total. The number of esters is 4. The van der Waals surface area contributed by atoms with Gasteiger partial charge in [-0.15, -0.1) is 0 Å². The largest absolute Gasteiger partial charge is 0.463 e. The summed E-state index contributed by atoms with van der Waals surface area (Å²) in [5.41, 5.74) is 6.76. The summed E-state index contributed by atoms with van der Waals surface area (Å²) in [4.78, 5) is 48.3. The number of aryl methyl sites for hydroxylation is 1. The Labute approximate surface area is 299 Å². The number of rotatable bonds is 15. The lowest BCUT2D eigenvalue weighted by Crippen LogP contribution is -2.62. The van der Waals surface area contributed by atoms with Crippen molar-refractivity contribution in [2.24, 2.45) is 0 Å². The molecule has 13 heteroatoms. The van der Waals surface area contributed by atoms with Crippen LogP contribution in [0, 0.1) is 6.92 Å². The predicted molar refractivity (Wildman–Crippen MR) is 188 cm³/mol. The van der Waals surface area contributed by atoms with Gasteiger partial charge < -0.3 is 23.7 Å². The molecule has 2 aromatic carbocycles. The molecule has 4 rings (SSSR count). The van der Waals surface area contributed by atoms with Crippen molar-refractivity contribution in [1.29, 1.82) is 0 Å². The Bertz CT molecular complexity index is 1740. The third kappa shape index (κ3) is 11.6. The molecule has 2 aliphatic rings. The van der Waals surface area contributed by atoms with E-state index in [9.17, 15) is 27.6 Å². The van der Waals surface area contributed by atoms with Crippen LogP contribution in [0.1, 0.15) is 80.7 Å². The van der Waals surface area contributed by atoms with E-state index in [1.165, 1.54) is 38.8 Å². The first kappa shape index (κ1) is 39.5. The molecule has 0 radical (unpaired) electrons. The van der Waals surface area contributed by atoms with Gasteiger partial charge in [-0.25, -0.2) is 0 Å². The minimum absolute atomic E-state index is 0.00173. The van der Waals surface area contributed by atoms with Gasteiger partial charge in [0, 0.05) is 33.6 Å². The maximum Gasteiger partial charge on any atom is 0.303 e. The zero-order valence-corrected chi connectivity index (χ0v) is 30.6. The lowest BCUT2D eigenvalue weighted by molar-refractivity contribution is -0.253. The van der Waals surface area contributed by atoms with E-state index in [2.05, 4.69) is 37.3 Å². The van der Waals surface area contributed by atoms with Crippen molar-refractivity contribution in [2.75, 3.05) is 19.5 Å². The molecule has 0 amide bonds. The smallest absolute Gasteiger partial charge is 0.303 e. The van der Waals surface area contributed by atoms with Gasteiger partial charge >= 0.3 is 23.9 Å². The quantitative estimate of drug-likeness (QED) is 0.105. The van der Waals surface area contributed by atoms with Crippen molar-refractivity contribution in [3.05, 3.63) is 82.4 Å². The lowest BCUT2D eigenvalue weighted by atomic mass is 9.88. The lowest BCUT2D eigenvalue weighted by Gasteiger charge is -2.44. The molecular weight excluding hydrogens is 680 g/mol. The summed E-state index contributed by atoms with van der Waals surface area (Å²) in [6, 6.07) is 14.4. The van der Waals surface area contributed by atoms with Gasteiger partial charge in [0.1, 0.15) is 12.7 Å². The summed E-state index contributed by atoms with van der Waals surface area (Å²) in [5.74, 6) is -2.54. The van der Waals surface area contributed by atoms with E-state index < -0.39 is 64.5 Å². The molecule has 0 spiro atoms. The fourth-order valence-electron chi connectivity index (χ4n) is 6.59. The van der Waals surface area contributed by atoms with Crippen LogP contribution in [0.4, 0.5) is 0 Å². The second-order valence-electron chi connectivity index (χ2n) is 12.8. The van der Waals surface area contributed by atoms with Crippen molar-refractivity contribution in [3.8, 4) is 0 Å². The van der Waals surface area contributed by atoms with Crippen LogP contribution >= 0.6 is 0 Å². The monoisotopic (exact) mass is 726 g/mol. The van der Waals surface area contributed by atoms with Crippen LogP contribution in [0.15, 0.2) is 54.6 Å². The van der Waals surface area contributed by atoms with Crippen LogP contribution in [0.2, 0.25) is 0 Å². The van der Waals surface area contributed by atoms with Crippen LogP contribution in [0.5, 0.6) is 0 Å². The highest BCUT2D eigenvalue weighted by atomic mass is 32.2. The normalized spacial score (nSPS) is 22.9. The minimum Gasteiger partial charge on any atom is -0.463 e. The van der Waals surface area contributed by atoms with E-state index >= 15 is 0 Å². The van der Waals surface area contributed by atoms with Crippen LogP contribution in [-0.4, -0.2) is 82.3 Å². The van der Waals surface area contributed by atoms with Gasteiger partial charge in [0.25, 0.3) is 10.1 Å². The Kier molecular flexibility index (Phi) is 13.7. The summed E-state index contributed by atoms with van der Waals surface area (Å²) in [6.07, 6.45) is 3.94. The fraction of sp³-hybridized carbons (Fsp3) is 0.474. The molecule has 1 unspecified atom stereocenters. The maximum absolute atomic E-state index is 12.3. The third-order valence-corrected chi connectivity index (χ3v) is 9.14. The first-order valence-electron chi connectivity index (χ1n) is 16.8. The molecule has 1 aliphatic heterocycles. The van der Waals surface area contributed by atoms with Crippen molar-refractivity contribution < 1.29 is 55.5 Å². The summed E-state index contributed by atoms with van der Waals surface area (Å²) in [6.45, 7) is 6.78. The molecule has 0 aromatic heterocycles. The number of carbonyl (C=O) groups excluding carboxylic acids is 4. The van der Waals surface area contributed by atoms with E-state index in [4.69, 9.17) is 27.9 Å². The third-order valence-electron chi connectivity index (χ3n) is 8.54. The zero-order chi connectivity index (χ0) is 37.3. The highest BCUT2D eigenvalue weighted by Gasteiger charge is 2.52. The minimum atomic E-state index is -3.46. The summed E-state index contributed by atoms with van der Waals surface area (Å²) in [7, 11) is -3.46. The van der Waals surface area contributed by atoms with Crippen LogP contribution in [0.3, 0.4) is 0 Å². The summed E-state index contributed by atoms with van der Waals surface area (Å²) in [5, 5.41) is 0. The number of hydrogen-bond donors (Lipinski definition) is 0. The average Bonchev–Trinajstić information content (AvgIpc) is 3.39. The Morgan fingerprint density at radius 3 is 2.04 bits per heavy atom. The van der Waals surface area contributed by atoms with E-state index in [-0.39, 0.29) is 19.1 Å². The molecule has 51 heavy (non-hydrogen) atoms. The molecule has 1 aliphatic carbocycles. The average molecular weight is 727 g/mol. The predicted octanol–water partition coefficient (Wildman–Crippen LogP) is 5.00. The molecule has 2 aromatic rings. The van der Waals surface area contributed by atoms with Gasteiger partial charge in [-0.3, -0.25) is 23.4 Å². The first-order chi connectivity index (χ1) is 24.1. The Balaban J connectivity index is 1.54. The van der Waals surface area contributed by atoms with Gasteiger partial charge in [0.15, 0.2) is 18.3 Å². The Morgan fingerprint density at radius 1 is 0.804 bits per heavy atom. The van der Waals surface area contributed by atoms with Crippen molar-refractivity contribution in [3.63, 3.8) is 0 Å². The van der Waals surface area contributed by atoms with E-state index in [1.54, 1.807) is 0 Å². The van der Waals surface area contributed by atoms with Crippen molar-refractivity contribution in [2.45, 2.75) is 96.7 Å². The number of ether oxygens (including phenoxy) is 5. The molecule has 276 valence electrons. The summed E-state index contributed by atoms with van der Waals surface area (Å²) >= 11 is 0.